The smallest absolute Gasteiger partial charge is 0.328 e. The molecule has 2 heteroatoms. The molecule has 12 heavy (non-hydrogen) atoms. The molecular formula is C10H12O2. The van der Waals surface area contributed by atoms with Crippen LogP contribution in [-0.2, 0) is 4.79 Å². The molecule has 0 aliphatic rings. The molecule has 0 aliphatic heterocycles. The Morgan fingerprint density at radius 3 is 2.08 bits per heavy atom. The summed E-state index contributed by atoms with van der Waals surface area (Å²) in [6.07, 6.45) is 5.96. The molecule has 0 unspecified atom stereocenters. The zero-order valence-corrected chi connectivity index (χ0v) is 7.08. The number of aliphatic carboxylic acids is 1. The fourth-order valence-electron chi connectivity index (χ4n) is 0.483. The lowest BCUT2D eigenvalue weighted by Gasteiger charge is -1.88. The summed E-state index contributed by atoms with van der Waals surface area (Å²) in [6.45, 7) is 9.13. The third kappa shape index (κ3) is 6.55. The van der Waals surface area contributed by atoms with Gasteiger partial charge >= 0.3 is 5.97 Å². The van der Waals surface area contributed by atoms with Gasteiger partial charge in [-0.3, -0.25) is 0 Å². The van der Waals surface area contributed by atoms with E-state index in [4.69, 9.17) is 5.11 Å². The van der Waals surface area contributed by atoms with Gasteiger partial charge in [-0.05, 0) is 18.6 Å². The normalized spacial score (nSPS) is 10.8. The summed E-state index contributed by atoms with van der Waals surface area (Å²) in [7, 11) is 0. The van der Waals surface area contributed by atoms with Gasteiger partial charge in [0.25, 0.3) is 0 Å². The van der Waals surface area contributed by atoms with Crippen molar-refractivity contribution in [2.75, 3.05) is 0 Å². The first-order valence-corrected chi connectivity index (χ1v) is 3.46. The van der Waals surface area contributed by atoms with Crippen molar-refractivity contribution < 1.29 is 9.90 Å². The van der Waals surface area contributed by atoms with Gasteiger partial charge in [0, 0.05) is 6.08 Å². The number of carboxylic acids is 1. The van der Waals surface area contributed by atoms with Crippen LogP contribution in [0, 0.1) is 0 Å². The molecule has 0 aromatic rings. The minimum atomic E-state index is -0.972. The van der Waals surface area contributed by atoms with Gasteiger partial charge < -0.3 is 5.11 Å². The number of rotatable bonds is 4. The van der Waals surface area contributed by atoms with Gasteiger partial charge in [0.05, 0.1) is 0 Å². The molecule has 0 aromatic carbocycles. The van der Waals surface area contributed by atoms with E-state index in [-0.39, 0.29) is 0 Å². The van der Waals surface area contributed by atoms with E-state index in [1.807, 2.05) is 6.92 Å². The molecule has 0 bridgehead atoms. The van der Waals surface area contributed by atoms with E-state index in [9.17, 15) is 4.79 Å². The molecule has 0 heterocycles. The van der Waals surface area contributed by atoms with E-state index in [2.05, 4.69) is 13.2 Å². The molecular weight excluding hydrogens is 152 g/mol. The highest BCUT2D eigenvalue weighted by Crippen LogP contribution is 1.98. The van der Waals surface area contributed by atoms with Crippen molar-refractivity contribution in [1.82, 2.24) is 0 Å². The molecule has 0 radical (unpaired) electrons. The maximum atomic E-state index is 10.1. The van der Waals surface area contributed by atoms with Crippen molar-refractivity contribution in [2.24, 2.45) is 0 Å². The summed E-state index contributed by atoms with van der Waals surface area (Å²) >= 11 is 0. The predicted octanol–water partition coefficient (Wildman–Crippen LogP) is 2.32. The van der Waals surface area contributed by atoms with E-state index in [1.165, 1.54) is 6.08 Å². The second-order valence-corrected chi connectivity index (χ2v) is 2.43. The molecule has 0 spiro atoms. The minimum Gasteiger partial charge on any atom is -0.478 e. The van der Waals surface area contributed by atoms with Gasteiger partial charge in [0.1, 0.15) is 0 Å². The summed E-state index contributed by atoms with van der Waals surface area (Å²) < 4.78 is 0. The highest BCUT2D eigenvalue weighted by molar-refractivity contribution is 5.80. The second-order valence-electron chi connectivity index (χ2n) is 2.43. The quantitative estimate of drug-likeness (QED) is 0.511. The molecule has 0 atom stereocenters. The van der Waals surface area contributed by atoms with Crippen LogP contribution in [0.4, 0.5) is 0 Å². The van der Waals surface area contributed by atoms with Crippen LogP contribution < -0.4 is 0 Å². The van der Waals surface area contributed by atoms with Crippen LogP contribution in [0.15, 0.2) is 48.6 Å². The molecule has 0 fully saturated rings. The lowest BCUT2D eigenvalue weighted by molar-refractivity contribution is -0.131. The Morgan fingerprint density at radius 2 is 1.67 bits per heavy atom. The van der Waals surface area contributed by atoms with Crippen molar-refractivity contribution in [2.45, 2.75) is 6.92 Å². The van der Waals surface area contributed by atoms with Crippen molar-refractivity contribution in [1.29, 1.82) is 0 Å². The number of allylic oxidation sites excluding steroid dienone is 5. The molecule has 64 valence electrons. The Morgan fingerprint density at radius 1 is 1.17 bits per heavy atom. The van der Waals surface area contributed by atoms with E-state index >= 15 is 0 Å². The summed E-state index contributed by atoms with van der Waals surface area (Å²) in [4.78, 5) is 10.1. The summed E-state index contributed by atoms with van der Waals surface area (Å²) in [6, 6.07) is 0. The number of hydrogen-bond donors (Lipinski definition) is 1. The van der Waals surface area contributed by atoms with E-state index < -0.39 is 5.97 Å². The van der Waals surface area contributed by atoms with Crippen molar-refractivity contribution in [3.05, 3.63) is 48.6 Å². The van der Waals surface area contributed by atoms with Crippen LogP contribution in [0.2, 0.25) is 0 Å². The van der Waals surface area contributed by atoms with Gasteiger partial charge in [0.15, 0.2) is 0 Å². The first-order chi connectivity index (χ1) is 5.52. The summed E-state index contributed by atoms with van der Waals surface area (Å²) in [5.74, 6) is -0.972. The number of hydrogen-bond acceptors (Lipinski definition) is 1. The molecule has 0 aliphatic carbocycles. The maximum absolute atomic E-state index is 10.1. The van der Waals surface area contributed by atoms with Gasteiger partial charge in [-0.2, -0.15) is 0 Å². The Kier molecular flexibility index (Phi) is 4.46. The van der Waals surface area contributed by atoms with Crippen molar-refractivity contribution >= 4 is 5.97 Å². The average molecular weight is 164 g/mol. The first kappa shape index (κ1) is 10.4. The standard InChI is InChI=1S/C10H12O2/c1-8(2)4-5-9(3)6-7-10(11)12/h4-7H,1,3H2,2H3,(H,11,12)/b5-4-,7-6+. The molecule has 0 aromatic heterocycles. The fraction of sp³-hybridized carbons (Fsp3) is 0.100. The second kappa shape index (κ2) is 5.13. The third-order valence-electron chi connectivity index (χ3n) is 1.02. The van der Waals surface area contributed by atoms with Gasteiger partial charge in [0.2, 0.25) is 0 Å². The lowest BCUT2D eigenvalue weighted by Crippen LogP contribution is -1.85. The molecule has 2 nitrogen and oxygen atoms in total. The minimum absolute atomic E-state index is 0.639. The lowest BCUT2D eigenvalue weighted by atomic mass is 10.2. The molecule has 0 saturated heterocycles. The van der Waals surface area contributed by atoms with Crippen LogP contribution in [0.3, 0.4) is 0 Å². The molecule has 1 N–H and O–H groups in total. The SMILES string of the molecule is C=C(C)/C=C\C(=C)/C=C/C(=O)O. The largest absolute Gasteiger partial charge is 0.478 e. The van der Waals surface area contributed by atoms with Crippen LogP contribution >= 0.6 is 0 Å². The first-order valence-electron chi connectivity index (χ1n) is 3.46. The van der Waals surface area contributed by atoms with Crippen molar-refractivity contribution in [3.8, 4) is 0 Å². The van der Waals surface area contributed by atoms with Crippen LogP contribution in [0.5, 0.6) is 0 Å². The Labute approximate surface area is 72.2 Å². The van der Waals surface area contributed by atoms with Crippen molar-refractivity contribution in [3.63, 3.8) is 0 Å². The molecule has 0 saturated carbocycles. The molecule has 0 amide bonds. The Bertz CT molecular complexity index is 231. The average Bonchev–Trinajstić information content (AvgIpc) is 1.96. The number of carbonyl (C=O) groups is 1. The van der Waals surface area contributed by atoms with Gasteiger partial charge in [-0.15, -0.1) is 0 Å². The van der Waals surface area contributed by atoms with Crippen LogP contribution in [0.1, 0.15) is 6.92 Å². The fourth-order valence-corrected chi connectivity index (χ4v) is 0.483. The van der Waals surface area contributed by atoms with E-state index in [1.54, 1.807) is 12.2 Å². The zero-order chi connectivity index (χ0) is 9.56. The van der Waals surface area contributed by atoms with Crippen LogP contribution in [-0.4, -0.2) is 11.1 Å². The predicted molar refractivity (Wildman–Crippen MR) is 49.9 cm³/mol. The number of carboxylic acid groups (broad SMARTS) is 1. The van der Waals surface area contributed by atoms with Crippen LogP contribution in [0.25, 0.3) is 0 Å². The van der Waals surface area contributed by atoms with Gasteiger partial charge in [-0.25, -0.2) is 4.79 Å². The Hall–Kier alpha value is -1.57. The highest BCUT2D eigenvalue weighted by atomic mass is 16.4. The molecule has 0 rings (SSSR count). The summed E-state index contributed by atoms with van der Waals surface area (Å²) in [5.41, 5.74) is 1.54. The maximum Gasteiger partial charge on any atom is 0.328 e. The van der Waals surface area contributed by atoms with E-state index in [0.29, 0.717) is 5.57 Å². The summed E-state index contributed by atoms with van der Waals surface area (Å²) in [5, 5.41) is 8.27. The highest BCUT2D eigenvalue weighted by Gasteiger charge is 1.85. The zero-order valence-electron chi connectivity index (χ0n) is 7.08. The monoisotopic (exact) mass is 164 g/mol. The van der Waals surface area contributed by atoms with Gasteiger partial charge in [-0.1, -0.05) is 30.9 Å². The topological polar surface area (TPSA) is 37.3 Å². The third-order valence-corrected chi connectivity index (χ3v) is 1.02. The van der Waals surface area contributed by atoms with E-state index in [0.717, 1.165) is 11.6 Å². The Balaban J connectivity index is 4.07.